The van der Waals surface area contributed by atoms with Gasteiger partial charge in [-0.25, -0.2) is 0 Å². The zero-order valence-electron chi connectivity index (χ0n) is 10.1. The second-order valence-corrected chi connectivity index (χ2v) is 4.33. The van der Waals surface area contributed by atoms with E-state index in [1.165, 1.54) is 0 Å². The summed E-state index contributed by atoms with van der Waals surface area (Å²) < 4.78 is 1.78. The molecule has 1 atom stereocenters. The minimum atomic E-state index is 0.120. The summed E-state index contributed by atoms with van der Waals surface area (Å²) in [6.07, 6.45) is 4.37. The Hall–Kier alpha value is -1.40. The first kappa shape index (κ1) is 12.1. The quantitative estimate of drug-likeness (QED) is 0.724. The molecule has 0 aromatic carbocycles. The second kappa shape index (κ2) is 5.29. The Balaban J connectivity index is 2.09. The number of hydrogen-bond acceptors (Lipinski definition) is 4. The van der Waals surface area contributed by atoms with E-state index in [-0.39, 0.29) is 11.9 Å². The lowest BCUT2D eigenvalue weighted by molar-refractivity contribution is -0.120. The van der Waals surface area contributed by atoms with E-state index in [0.717, 1.165) is 18.7 Å². The standard InChI is InChI=1S/C11H19N5O/c1-15-8-9(7-14-15)10(6-12)16-4-2-11(17)13-3-5-16/h7-8,10H,2-6,12H2,1H3,(H,13,17). The third-order valence-electron chi connectivity index (χ3n) is 3.12. The van der Waals surface area contributed by atoms with Crippen molar-refractivity contribution in [2.24, 2.45) is 12.8 Å². The summed E-state index contributed by atoms with van der Waals surface area (Å²) >= 11 is 0. The van der Waals surface area contributed by atoms with Gasteiger partial charge in [-0.15, -0.1) is 0 Å². The number of aromatic nitrogens is 2. The average Bonchev–Trinajstić information content (AvgIpc) is 2.61. The normalized spacial score (nSPS) is 19.8. The molecular weight excluding hydrogens is 218 g/mol. The van der Waals surface area contributed by atoms with Crippen molar-refractivity contribution in [3.63, 3.8) is 0 Å². The Morgan fingerprint density at radius 2 is 2.41 bits per heavy atom. The number of aryl methyl sites for hydroxylation is 1. The molecule has 1 aromatic heterocycles. The molecule has 17 heavy (non-hydrogen) atoms. The van der Waals surface area contributed by atoms with Gasteiger partial charge in [0.05, 0.1) is 12.2 Å². The Bertz CT molecular complexity index is 389. The average molecular weight is 237 g/mol. The van der Waals surface area contributed by atoms with Gasteiger partial charge in [-0.05, 0) is 0 Å². The molecule has 1 aliphatic rings. The fourth-order valence-corrected chi connectivity index (χ4v) is 2.20. The van der Waals surface area contributed by atoms with Crippen LogP contribution in [0.3, 0.4) is 0 Å². The van der Waals surface area contributed by atoms with Gasteiger partial charge >= 0.3 is 0 Å². The van der Waals surface area contributed by atoms with E-state index in [9.17, 15) is 4.79 Å². The first-order chi connectivity index (χ1) is 8.20. The third kappa shape index (κ3) is 2.83. The number of nitrogens with one attached hydrogen (secondary N) is 1. The van der Waals surface area contributed by atoms with Crippen molar-refractivity contribution in [3.05, 3.63) is 18.0 Å². The van der Waals surface area contributed by atoms with E-state index >= 15 is 0 Å². The lowest BCUT2D eigenvalue weighted by Gasteiger charge is -2.28. The second-order valence-electron chi connectivity index (χ2n) is 4.33. The fourth-order valence-electron chi connectivity index (χ4n) is 2.20. The SMILES string of the molecule is Cn1cc(C(CN)N2CCNC(=O)CC2)cn1. The Labute approximate surface area is 101 Å². The van der Waals surface area contributed by atoms with Crippen LogP contribution in [0.25, 0.3) is 0 Å². The van der Waals surface area contributed by atoms with E-state index < -0.39 is 0 Å². The maximum absolute atomic E-state index is 11.3. The number of nitrogens with zero attached hydrogens (tertiary/aromatic N) is 3. The summed E-state index contributed by atoms with van der Waals surface area (Å²) in [5.41, 5.74) is 6.96. The molecule has 0 saturated carbocycles. The molecular formula is C11H19N5O. The van der Waals surface area contributed by atoms with Crippen LogP contribution in [0.15, 0.2) is 12.4 Å². The lowest BCUT2D eigenvalue weighted by atomic mass is 10.1. The molecule has 1 unspecified atom stereocenters. The number of carbonyl (C=O) groups excluding carboxylic acids is 1. The Morgan fingerprint density at radius 3 is 3.06 bits per heavy atom. The van der Waals surface area contributed by atoms with Crippen LogP contribution in [0.5, 0.6) is 0 Å². The van der Waals surface area contributed by atoms with Crippen LogP contribution < -0.4 is 11.1 Å². The van der Waals surface area contributed by atoms with E-state index in [1.54, 1.807) is 4.68 Å². The van der Waals surface area contributed by atoms with Crippen LogP contribution >= 0.6 is 0 Å². The monoisotopic (exact) mass is 237 g/mol. The highest BCUT2D eigenvalue weighted by Gasteiger charge is 2.22. The smallest absolute Gasteiger partial charge is 0.221 e. The highest BCUT2D eigenvalue weighted by molar-refractivity contribution is 5.76. The molecule has 1 amide bonds. The largest absolute Gasteiger partial charge is 0.355 e. The maximum Gasteiger partial charge on any atom is 0.221 e. The van der Waals surface area contributed by atoms with Crippen molar-refractivity contribution in [2.75, 3.05) is 26.2 Å². The predicted octanol–water partition coefficient (Wildman–Crippen LogP) is -0.758. The summed E-state index contributed by atoms with van der Waals surface area (Å²) in [4.78, 5) is 13.5. The van der Waals surface area contributed by atoms with E-state index in [4.69, 9.17) is 5.73 Å². The minimum absolute atomic E-state index is 0.120. The Kier molecular flexibility index (Phi) is 3.75. The summed E-state index contributed by atoms with van der Waals surface area (Å²) in [6.45, 7) is 2.82. The van der Waals surface area contributed by atoms with Gasteiger partial charge in [-0.2, -0.15) is 5.10 Å². The molecule has 1 aliphatic heterocycles. The highest BCUT2D eigenvalue weighted by Crippen LogP contribution is 2.19. The summed E-state index contributed by atoms with van der Waals surface area (Å²) in [6, 6.07) is 0.149. The van der Waals surface area contributed by atoms with E-state index in [2.05, 4.69) is 15.3 Å². The minimum Gasteiger partial charge on any atom is -0.355 e. The van der Waals surface area contributed by atoms with Gasteiger partial charge < -0.3 is 11.1 Å². The topological polar surface area (TPSA) is 76.2 Å². The lowest BCUT2D eigenvalue weighted by Crippen LogP contribution is -2.36. The summed E-state index contributed by atoms with van der Waals surface area (Å²) in [5.74, 6) is 0.120. The molecule has 0 radical (unpaired) electrons. The van der Waals surface area contributed by atoms with Crippen molar-refractivity contribution in [2.45, 2.75) is 12.5 Å². The molecule has 0 bridgehead atoms. The van der Waals surface area contributed by atoms with Crippen molar-refractivity contribution in [1.29, 1.82) is 0 Å². The van der Waals surface area contributed by atoms with E-state index in [1.807, 2.05) is 19.4 Å². The van der Waals surface area contributed by atoms with Crippen LogP contribution in [0.1, 0.15) is 18.0 Å². The van der Waals surface area contributed by atoms with Crippen LogP contribution in [0.4, 0.5) is 0 Å². The van der Waals surface area contributed by atoms with Crippen molar-refractivity contribution >= 4 is 5.91 Å². The van der Waals surface area contributed by atoms with E-state index in [0.29, 0.717) is 19.5 Å². The molecule has 2 rings (SSSR count). The first-order valence-electron chi connectivity index (χ1n) is 5.90. The van der Waals surface area contributed by atoms with Gasteiger partial charge in [0.2, 0.25) is 5.91 Å². The molecule has 1 saturated heterocycles. The summed E-state index contributed by atoms with van der Waals surface area (Å²) in [5, 5.41) is 7.04. The number of nitrogens with two attached hydrogens (primary N) is 1. The zero-order chi connectivity index (χ0) is 12.3. The van der Waals surface area contributed by atoms with Gasteiger partial charge in [0, 0.05) is 51.4 Å². The molecule has 0 spiro atoms. The van der Waals surface area contributed by atoms with Gasteiger partial charge in [0.15, 0.2) is 0 Å². The fraction of sp³-hybridized carbons (Fsp3) is 0.636. The van der Waals surface area contributed by atoms with Crippen LogP contribution in [0, 0.1) is 0 Å². The van der Waals surface area contributed by atoms with Crippen molar-refractivity contribution < 1.29 is 4.79 Å². The number of rotatable bonds is 3. The van der Waals surface area contributed by atoms with Gasteiger partial charge in [-0.3, -0.25) is 14.4 Å². The molecule has 3 N–H and O–H groups in total. The van der Waals surface area contributed by atoms with Crippen LogP contribution in [0.2, 0.25) is 0 Å². The number of hydrogen-bond donors (Lipinski definition) is 2. The van der Waals surface area contributed by atoms with Crippen molar-refractivity contribution in [3.8, 4) is 0 Å². The molecule has 1 aromatic rings. The van der Waals surface area contributed by atoms with Crippen molar-refractivity contribution in [1.82, 2.24) is 20.0 Å². The molecule has 6 nitrogen and oxygen atoms in total. The predicted molar refractivity (Wildman–Crippen MR) is 64.2 cm³/mol. The maximum atomic E-state index is 11.3. The molecule has 0 aliphatic carbocycles. The van der Waals surface area contributed by atoms with Crippen LogP contribution in [-0.2, 0) is 11.8 Å². The molecule has 2 heterocycles. The van der Waals surface area contributed by atoms with Gasteiger partial charge in [0.25, 0.3) is 0 Å². The van der Waals surface area contributed by atoms with Gasteiger partial charge in [-0.1, -0.05) is 0 Å². The zero-order valence-corrected chi connectivity index (χ0v) is 10.1. The molecule has 6 heteroatoms. The van der Waals surface area contributed by atoms with Gasteiger partial charge in [0.1, 0.15) is 0 Å². The molecule has 94 valence electrons. The highest BCUT2D eigenvalue weighted by atomic mass is 16.1. The first-order valence-corrected chi connectivity index (χ1v) is 5.90. The molecule has 1 fully saturated rings. The number of amides is 1. The van der Waals surface area contributed by atoms with Crippen LogP contribution in [-0.4, -0.2) is 46.8 Å². The summed E-state index contributed by atoms with van der Waals surface area (Å²) in [7, 11) is 1.89. The number of carbonyl (C=O) groups is 1. The third-order valence-corrected chi connectivity index (χ3v) is 3.12. The Morgan fingerprint density at radius 1 is 1.59 bits per heavy atom.